The summed E-state index contributed by atoms with van der Waals surface area (Å²) in [7, 11) is 0. The van der Waals surface area contributed by atoms with Crippen molar-refractivity contribution < 1.29 is 9.90 Å². The molecule has 0 atom stereocenters. The van der Waals surface area contributed by atoms with Crippen LogP contribution in [-0.2, 0) is 0 Å². The molecular weight excluding hydrogens is 206 g/mol. The summed E-state index contributed by atoms with van der Waals surface area (Å²) in [6.45, 7) is 3.96. The molecule has 0 spiro atoms. The molecule has 1 N–H and O–H groups in total. The zero-order chi connectivity index (χ0) is 11.7. The number of carbonyl (C=O) groups is 1. The summed E-state index contributed by atoms with van der Waals surface area (Å²) in [4.78, 5) is 10.7. The second kappa shape index (κ2) is 3.77. The van der Waals surface area contributed by atoms with Crippen LogP contribution < -0.4 is 0 Å². The Morgan fingerprint density at radius 3 is 2.38 bits per heavy atom. The van der Waals surface area contributed by atoms with Crippen molar-refractivity contribution in [2.75, 3.05) is 0 Å². The molecule has 1 aromatic heterocycles. The lowest BCUT2D eigenvalue weighted by molar-refractivity contribution is 0.0690. The lowest BCUT2D eigenvalue weighted by atomic mass is 10.1. The lowest BCUT2D eigenvalue weighted by Gasteiger charge is -2.03. The number of benzene rings is 1. The molecule has 16 heavy (non-hydrogen) atoms. The number of hydrogen-bond acceptors (Lipinski definition) is 3. The van der Waals surface area contributed by atoms with Gasteiger partial charge in [-0.25, -0.2) is 9.48 Å². The topological polar surface area (TPSA) is 68.0 Å². The Morgan fingerprint density at radius 2 is 1.88 bits per heavy atom. The quantitative estimate of drug-likeness (QED) is 0.829. The van der Waals surface area contributed by atoms with Crippen LogP contribution in [0, 0.1) is 13.8 Å². The number of aryl methyl sites for hydroxylation is 2. The highest BCUT2D eigenvalue weighted by Crippen LogP contribution is 2.12. The summed E-state index contributed by atoms with van der Waals surface area (Å²) < 4.78 is 1.46. The van der Waals surface area contributed by atoms with Gasteiger partial charge in [0.05, 0.1) is 11.9 Å². The molecule has 2 rings (SSSR count). The molecule has 1 heterocycles. The number of aromatic carboxylic acids is 1. The third-order valence-electron chi connectivity index (χ3n) is 2.18. The first-order valence-electron chi connectivity index (χ1n) is 4.80. The molecule has 5 heteroatoms. The molecule has 0 aliphatic rings. The number of carboxylic acid groups (broad SMARTS) is 1. The molecule has 0 fully saturated rings. The summed E-state index contributed by atoms with van der Waals surface area (Å²) >= 11 is 0. The Bertz CT molecular complexity index is 526. The summed E-state index contributed by atoms with van der Waals surface area (Å²) in [6.07, 6.45) is 1.40. The van der Waals surface area contributed by atoms with Gasteiger partial charge < -0.3 is 5.11 Å². The van der Waals surface area contributed by atoms with Crippen LogP contribution in [0.4, 0.5) is 0 Å². The van der Waals surface area contributed by atoms with Crippen molar-refractivity contribution in [3.05, 3.63) is 41.2 Å². The minimum Gasteiger partial charge on any atom is -0.476 e. The molecule has 0 aliphatic heterocycles. The van der Waals surface area contributed by atoms with E-state index in [1.54, 1.807) is 0 Å². The summed E-state index contributed by atoms with van der Waals surface area (Å²) in [5.41, 5.74) is 2.96. The Hall–Kier alpha value is -2.17. The van der Waals surface area contributed by atoms with Crippen molar-refractivity contribution in [1.82, 2.24) is 15.0 Å². The maximum Gasteiger partial charge on any atom is 0.358 e. The van der Waals surface area contributed by atoms with E-state index in [2.05, 4.69) is 10.3 Å². The SMILES string of the molecule is Cc1cc(C)cc(-n2cc(C(=O)O)nn2)c1. The molecule has 0 radical (unpaired) electrons. The number of nitrogens with zero attached hydrogens (tertiary/aromatic N) is 3. The minimum absolute atomic E-state index is 0.0563. The zero-order valence-corrected chi connectivity index (χ0v) is 9.01. The van der Waals surface area contributed by atoms with Gasteiger partial charge in [0.1, 0.15) is 0 Å². The van der Waals surface area contributed by atoms with E-state index in [0.717, 1.165) is 16.8 Å². The van der Waals surface area contributed by atoms with Gasteiger partial charge in [0.25, 0.3) is 0 Å². The highest BCUT2D eigenvalue weighted by Gasteiger charge is 2.09. The Balaban J connectivity index is 2.46. The maximum atomic E-state index is 10.7. The van der Waals surface area contributed by atoms with Crippen LogP contribution >= 0.6 is 0 Å². The van der Waals surface area contributed by atoms with E-state index in [4.69, 9.17) is 5.11 Å². The monoisotopic (exact) mass is 217 g/mol. The fraction of sp³-hybridized carbons (Fsp3) is 0.182. The minimum atomic E-state index is -1.07. The van der Waals surface area contributed by atoms with E-state index in [1.165, 1.54) is 10.9 Å². The van der Waals surface area contributed by atoms with Gasteiger partial charge in [0.15, 0.2) is 5.69 Å². The normalized spacial score (nSPS) is 10.4. The third kappa shape index (κ3) is 1.93. The first kappa shape index (κ1) is 10.4. The lowest BCUT2D eigenvalue weighted by Crippen LogP contribution is -1.96. The second-order valence-corrected chi connectivity index (χ2v) is 3.70. The average molecular weight is 217 g/mol. The van der Waals surface area contributed by atoms with E-state index < -0.39 is 5.97 Å². The van der Waals surface area contributed by atoms with Crippen LogP contribution in [-0.4, -0.2) is 26.1 Å². The molecule has 0 amide bonds. The van der Waals surface area contributed by atoms with Crippen molar-refractivity contribution in [2.24, 2.45) is 0 Å². The van der Waals surface area contributed by atoms with Gasteiger partial charge >= 0.3 is 5.97 Å². The molecule has 0 saturated carbocycles. The first-order valence-corrected chi connectivity index (χ1v) is 4.80. The first-order chi connectivity index (χ1) is 7.56. The second-order valence-electron chi connectivity index (χ2n) is 3.70. The van der Waals surface area contributed by atoms with Gasteiger partial charge in [-0.3, -0.25) is 0 Å². The number of hydrogen-bond donors (Lipinski definition) is 1. The molecular formula is C11H11N3O2. The highest BCUT2D eigenvalue weighted by molar-refractivity contribution is 5.84. The van der Waals surface area contributed by atoms with Crippen LogP contribution in [0.5, 0.6) is 0 Å². The van der Waals surface area contributed by atoms with Gasteiger partial charge in [0.2, 0.25) is 0 Å². The highest BCUT2D eigenvalue weighted by atomic mass is 16.4. The molecule has 0 aliphatic carbocycles. The van der Waals surface area contributed by atoms with Crippen LogP contribution in [0.3, 0.4) is 0 Å². The number of carboxylic acids is 1. The largest absolute Gasteiger partial charge is 0.476 e. The fourth-order valence-electron chi connectivity index (χ4n) is 1.57. The number of rotatable bonds is 2. The van der Waals surface area contributed by atoms with E-state index in [9.17, 15) is 4.79 Å². The number of aromatic nitrogens is 3. The predicted octanol–water partition coefficient (Wildman–Crippen LogP) is 1.58. The maximum absolute atomic E-state index is 10.7. The van der Waals surface area contributed by atoms with Gasteiger partial charge in [-0.05, 0) is 37.1 Å². The Labute approximate surface area is 92.3 Å². The van der Waals surface area contributed by atoms with Crippen molar-refractivity contribution in [1.29, 1.82) is 0 Å². The van der Waals surface area contributed by atoms with Crippen molar-refractivity contribution in [2.45, 2.75) is 13.8 Å². The van der Waals surface area contributed by atoms with Crippen LogP contribution in [0.1, 0.15) is 21.6 Å². The van der Waals surface area contributed by atoms with Crippen molar-refractivity contribution in [3.8, 4) is 5.69 Å². The predicted molar refractivity (Wildman–Crippen MR) is 57.8 cm³/mol. The van der Waals surface area contributed by atoms with Crippen molar-refractivity contribution >= 4 is 5.97 Å². The third-order valence-corrected chi connectivity index (χ3v) is 2.18. The summed E-state index contributed by atoms with van der Waals surface area (Å²) in [5, 5.41) is 16.1. The molecule has 0 unspecified atom stereocenters. The molecule has 5 nitrogen and oxygen atoms in total. The molecule has 82 valence electrons. The standard InChI is InChI=1S/C11H11N3O2/c1-7-3-8(2)5-9(4-7)14-6-10(11(15)16)12-13-14/h3-6H,1-2H3,(H,15,16). The molecule has 0 saturated heterocycles. The van der Waals surface area contributed by atoms with Crippen LogP contribution in [0.15, 0.2) is 24.4 Å². The molecule has 0 bridgehead atoms. The van der Waals surface area contributed by atoms with Gasteiger partial charge in [0, 0.05) is 0 Å². The van der Waals surface area contributed by atoms with E-state index >= 15 is 0 Å². The van der Waals surface area contributed by atoms with E-state index in [-0.39, 0.29) is 5.69 Å². The zero-order valence-electron chi connectivity index (χ0n) is 9.01. The smallest absolute Gasteiger partial charge is 0.358 e. The average Bonchev–Trinajstić information content (AvgIpc) is 2.64. The molecule has 2 aromatic rings. The Morgan fingerprint density at radius 1 is 1.25 bits per heavy atom. The summed E-state index contributed by atoms with van der Waals surface area (Å²) in [5.74, 6) is -1.07. The van der Waals surface area contributed by atoms with Crippen LogP contribution in [0.2, 0.25) is 0 Å². The fourth-order valence-corrected chi connectivity index (χ4v) is 1.57. The van der Waals surface area contributed by atoms with Crippen molar-refractivity contribution in [3.63, 3.8) is 0 Å². The summed E-state index contributed by atoms with van der Waals surface area (Å²) in [6, 6.07) is 5.89. The Kier molecular flexibility index (Phi) is 2.44. The van der Waals surface area contributed by atoms with Gasteiger partial charge in [-0.15, -0.1) is 5.10 Å². The molecule has 1 aromatic carbocycles. The van der Waals surface area contributed by atoms with Crippen LogP contribution in [0.25, 0.3) is 5.69 Å². The van der Waals surface area contributed by atoms with Gasteiger partial charge in [-0.2, -0.15) is 0 Å². The van der Waals surface area contributed by atoms with E-state index in [0.29, 0.717) is 0 Å². The van der Waals surface area contributed by atoms with E-state index in [1.807, 2.05) is 32.0 Å². The van der Waals surface area contributed by atoms with Gasteiger partial charge in [-0.1, -0.05) is 11.3 Å².